The van der Waals surface area contributed by atoms with Crippen LogP contribution < -0.4 is 5.32 Å². The van der Waals surface area contributed by atoms with E-state index in [4.69, 9.17) is 0 Å². The van der Waals surface area contributed by atoms with Crippen molar-refractivity contribution in [3.8, 4) is 0 Å². The number of amides is 2. The predicted molar refractivity (Wildman–Crippen MR) is 117 cm³/mol. The minimum atomic E-state index is -0.0830. The van der Waals surface area contributed by atoms with Crippen molar-refractivity contribution < 1.29 is 9.59 Å². The fourth-order valence-electron chi connectivity index (χ4n) is 4.67. The summed E-state index contributed by atoms with van der Waals surface area (Å²) in [7, 11) is 0. The molecule has 0 aliphatic carbocycles. The van der Waals surface area contributed by atoms with Crippen LogP contribution in [0.5, 0.6) is 0 Å². The van der Waals surface area contributed by atoms with Crippen LogP contribution in [0.25, 0.3) is 0 Å². The van der Waals surface area contributed by atoms with Gasteiger partial charge in [-0.3, -0.25) is 14.5 Å². The first-order valence-corrected chi connectivity index (χ1v) is 11.4. The maximum atomic E-state index is 13.0. The smallest absolute Gasteiger partial charge is 0.239 e. The Hall–Kier alpha value is -1.88. The van der Waals surface area contributed by atoms with Gasteiger partial charge in [-0.25, -0.2) is 0 Å². The molecule has 2 aliphatic rings. The zero-order valence-electron chi connectivity index (χ0n) is 18.1. The number of nitrogens with zero attached hydrogens (tertiary/aromatic N) is 2. The van der Waals surface area contributed by atoms with Crippen LogP contribution in [0.4, 0.5) is 0 Å². The summed E-state index contributed by atoms with van der Waals surface area (Å²) in [5, 5.41) is 3.01. The summed E-state index contributed by atoms with van der Waals surface area (Å²) in [6, 6.07) is 10.6. The van der Waals surface area contributed by atoms with Crippen molar-refractivity contribution in [2.45, 2.75) is 58.4 Å². The molecule has 0 radical (unpaired) electrons. The Morgan fingerprint density at radius 1 is 1.03 bits per heavy atom. The van der Waals surface area contributed by atoms with Crippen LogP contribution in [0.15, 0.2) is 30.3 Å². The van der Waals surface area contributed by atoms with Crippen LogP contribution in [0, 0.1) is 11.8 Å². The first-order valence-electron chi connectivity index (χ1n) is 11.4. The predicted octanol–water partition coefficient (Wildman–Crippen LogP) is 3.09. The standard InChI is InChI=1S/C24H37N3O2/c1-3-13-25-23(28)22-11-16-26(17-12-22)19(2)24(29)27-14-9-21(10-15-27)18-20-7-5-4-6-8-20/h4-8,19,21-22H,3,9-18H2,1-2H3,(H,25,28). The van der Waals surface area contributed by atoms with Crippen LogP contribution in [0.3, 0.4) is 0 Å². The zero-order valence-corrected chi connectivity index (χ0v) is 18.1. The Morgan fingerprint density at radius 3 is 2.31 bits per heavy atom. The average molecular weight is 400 g/mol. The number of carbonyl (C=O) groups excluding carboxylic acids is 2. The molecule has 1 unspecified atom stereocenters. The molecule has 2 amide bonds. The van der Waals surface area contributed by atoms with Gasteiger partial charge in [0.25, 0.3) is 0 Å². The molecule has 2 aliphatic heterocycles. The number of nitrogens with one attached hydrogen (secondary N) is 1. The van der Waals surface area contributed by atoms with Gasteiger partial charge in [0, 0.05) is 25.6 Å². The second kappa shape index (κ2) is 10.8. The van der Waals surface area contributed by atoms with E-state index in [0.717, 1.165) is 71.2 Å². The molecular weight excluding hydrogens is 362 g/mol. The molecule has 160 valence electrons. The highest BCUT2D eigenvalue weighted by molar-refractivity contribution is 5.82. The van der Waals surface area contributed by atoms with Gasteiger partial charge < -0.3 is 10.2 Å². The SMILES string of the molecule is CCCNC(=O)C1CCN(C(C)C(=O)N2CCC(Cc3ccccc3)CC2)CC1. The van der Waals surface area contributed by atoms with E-state index in [2.05, 4.69) is 52.4 Å². The topological polar surface area (TPSA) is 52.7 Å². The highest BCUT2D eigenvalue weighted by Crippen LogP contribution is 2.24. The van der Waals surface area contributed by atoms with Gasteiger partial charge in [-0.15, -0.1) is 0 Å². The lowest BCUT2D eigenvalue weighted by Gasteiger charge is -2.39. The van der Waals surface area contributed by atoms with Crippen molar-refractivity contribution in [2.75, 3.05) is 32.7 Å². The van der Waals surface area contributed by atoms with E-state index >= 15 is 0 Å². The van der Waals surface area contributed by atoms with E-state index in [1.807, 2.05) is 6.92 Å². The molecule has 0 spiro atoms. The number of hydrogen-bond acceptors (Lipinski definition) is 3. The van der Waals surface area contributed by atoms with Crippen molar-refractivity contribution in [3.05, 3.63) is 35.9 Å². The molecule has 3 rings (SSSR count). The van der Waals surface area contributed by atoms with Gasteiger partial charge in [0.1, 0.15) is 0 Å². The van der Waals surface area contributed by atoms with E-state index in [-0.39, 0.29) is 23.8 Å². The van der Waals surface area contributed by atoms with E-state index in [1.165, 1.54) is 5.56 Å². The number of rotatable bonds is 7. The summed E-state index contributed by atoms with van der Waals surface area (Å²) in [4.78, 5) is 29.5. The number of piperidine rings is 2. The van der Waals surface area contributed by atoms with E-state index in [9.17, 15) is 9.59 Å². The van der Waals surface area contributed by atoms with Crippen LogP contribution in [-0.4, -0.2) is 60.4 Å². The van der Waals surface area contributed by atoms with Crippen molar-refractivity contribution in [1.82, 2.24) is 15.1 Å². The molecule has 2 fully saturated rings. The Bertz CT molecular complexity index is 647. The first kappa shape index (κ1) is 21.8. The normalized spacial score (nSPS) is 20.4. The van der Waals surface area contributed by atoms with Crippen molar-refractivity contribution in [2.24, 2.45) is 11.8 Å². The summed E-state index contributed by atoms with van der Waals surface area (Å²) >= 11 is 0. The van der Waals surface area contributed by atoms with Crippen LogP contribution in [0.1, 0.15) is 51.5 Å². The summed E-state index contributed by atoms with van der Waals surface area (Å²) in [5.41, 5.74) is 1.40. The lowest BCUT2D eigenvalue weighted by Crippen LogP contribution is -2.52. The maximum absolute atomic E-state index is 13.0. The largest absolute Gasteiger partial charge is 0.356 e. The maximum Gasteiger partial charge on any atom is 0.239 e. The van der Waals surface area contributed by atoms with Gasteiger partial charge in [0.2, 0.25) is 11.8 Å². The van der Waals surface area contributed by atoms with E-state index in [1.54, 1.807) is 0 Å². The van der Waals surface area contributed by atoms with Crippen LogP contribution in [0.2, 0.25) is 0 Å². The average Bonchev–Trinajstić information content (AvgIpc) is 2.78. The van der Waals surface area contributed by atoms with Gasteiger partial charge in [0.05, 0.1) is 6.04 Å². The van der Waals surface area contributed by atoms with Gasteiger partial charge in [0.15, 0.2) is 0 Å². The summed E-state index contributed by atoms with van der Waals surface area (Å²) in [5.74, 6) is 1.23. The van der Waals surface area contributed by atoms with E-state index in [0.29, 0.717) is 5.92 Å². The van der Waals surface area contributed by atoms with Crippen LogP contribution in [-0.2, 0) is 16.0 Å². The molecule has 0 bridgehead atoms. The fraction of sp³-hybridized carbons (Fsp3) is 0.667. The Balaban J connectivity index is 1.41. The Labute approximate surface area is 175 Å². The molecule has 1 atom stereocenters. The number of hydrogen-bond donors (Lipinski definition) is 1. The molecule has 5 nitrogen and oxygen atoms in total. The molecule has 2 saturated heterocycles. The molecule has 1 aromatic rings. The molecular formula is C24H37N3O2. The monoisotopic (exact) mass is 399 g/mol. The lowest BCUT2D eigenvalue weighted by molar-refractivity contribution is -0.138. The second-order valence-electron chi connectivity index (χ2n) is 8.74. The quantitative estimate of drug-likeness (QED) is 0.767. The molecule has 0 saturated carbocycles. The molecule has 1 aromatic carbocycles. The Morgan fingerprint density at radius 2 is 1.69 bits per heavy atom. The fourth-order valence-corrected chi connectivity index (χ4v) is 4.67. The first-order chi connectivity index (χ1) is 14.1. The van der Waals surface area contributed by atoms with Gasteiger partial charge >= 0.3 is 0 Å². The minimum Gasteiger partial charge on any atom is -0.356 e. The van der Waals surface area contributed by atoms with Gasteiger partial charge in [-0.2, -0.15) is 0 Å². The zero-order chi connectivity index (χ0) is 20.6. The number of carbonyl (C=O) groups is 2. The van der Waals surface area contributed by atoms with Crippen LogP contribution >= 0.6 is 0 Å². The molecule has 1 N–H and O–H groups in total. The molecule has 2 heterocycles. The minimum absolute atomic E-state index is 0.0830. The molecule has 29 heavy (non-hydrogen) atoms. The highest BCUT2D eigenvalue weighted by atomic mass is 16.2. The lowest BCUT2D eigenvalue weighted by atomic mass is 9.90. The third-order valence-electron chi connectivity index (χ3n) is 6.65. The van der Waals surface area contributed by atoms with Crippen molar-refractivity contribution >= 4 is 11.8 Å². The van der Waals surface area contributed by atoms with Crippen molar-refractivity contribution in [1.29, 1.82) is 0 Å². The summed E-state index contributed by atoms with van der Waals surface area (Å²) in [6.45, 7) is 8.28. The highest BCUT2D eigenvalue weighted by Gasteiger charge is 2.32. The second-order valence-corrected chi connectivity index (χ2v) is 8.74. The molecule has 5 heteroatoms. The molecule has 0 aromatic heterocycles. The number of likely N-dealkylation sites (tertiary alicyclic amines) is 2. The Kier molecular flexibility index (Phi) is 8.10. The van der Waals surface area contributed by atoms with E-state index < -0.39 is 0 Å². The number of benzene rings is 1. The third kappa shape index (κ3) is 6.05. The van der Waals surface area contributed by atoms with Crippen molar-refractivity contribution in [3.63, 3.8) is 0 Å². The summed E-state index contributed by atoms with van der Waals surface area (Å²) in [6.07, 6.45) is 5.98. The van der Waals surface area contributed by atoms with Gasteiger partial charge in [-0.1, -0.05) is 37.3 Å². The van der Waals surface area contributed by atoms with Gasteiger partial charge in [-0.05, 0) is 70.0 Å². The summed E-state index contributed by atoms with van der Waals surface area (Å²) < 4.78 is 0. The third-order valence-corrected chi connectivity index (χ3v) is 6.65.